The van der Waals surface area contributed by atoms with Gasteiger partial charge in [0.25, 0.3) is 5.56 Å². The van der Waals surface area contributed by atoms with Crippen LogP contribution >= 0.6 is 0 Å². The molecule has 3 aromatic rings. The lowest BCUT2D eigenvalue weighted by atomic mass is 10.2. The minimum absolute atomic E-state index is 0.239. The van der Waals surface area contributed by atoms with Crippen LogP contribution in [0.5, 0.6) is 0 Å². The molecule has 1 aromatic heterocycles. The van der Waals surface area contributed by atoms with E-state index in [4.69, 9.17) is 0 Å². The minimum atomic E-state index is -0.952. The van der Waals surface area contributed by atoms with E-state index in [1.54, 1.807) is 24.3 Å². The molecule has 2 aromatic carbocycles. The third-order valence-corrected chi connectivity index (χ3v) is 3.77. The molecular formula is C17H13F2N3O3. The second-order valence-corrected chi connectivity index (χ2v) is 5.42. The number of anilines is 1. The molecule has 0 unspecified atom stereocenters. The normalized spacial score (nSPS) is 10.8. The Hall–Kier alpha value is -3.29. The van der Waals surface area contributed by atoms with Gasteiger partial charge in [-0.3, -0.25) is 18.7 Å². The van der Waals surface area contributed by atoms with E-state index in [2.05, 4.69) is 5.32 Å². The highest BCUT2D eigenvalue weighted by molar-refractivity contribution is 5.90. The number of aryl methyl sites for hydroxylation is 1. The Labute approximate surface area is 139 Å². The smallest absolute Gasteiger partial charge is 0.322 e. The maximum Gasteiger partial charge on any atom is 0.331 e. The fourth-order valence-corrected chi connectivity index (χ4v) is 2.53. The Bertz CT molecular complexity index is 1100. The van der Waals surface area contributed by atoms with Crippen molar-refractivity contribution in [2.45, 2.75) is 6.54 Å². The van der Waals surface area contributed by atoms with E-state index in [-0.39, 0.29) is 11.1 Å². The molecule has 8 heteroatoms. The summed E-state index contributed by atoms with van der Waals surface area (Å²) in [5.74, 6) is -2.51. The second-order valence-electron chi connectivity index (χ2n) is 5.42. The molecule has 25 heavy (non-hydrogen) atoms. The van der Waals surface area contributed by atoms with Crippen LogP contribution in [0.15, 0.2) is 52.1 Å². The molecule has 6 nitrogen and oxygen atoms in total. The highest BCUT2D eigenvalue weighted by Crippen LogP contribution is 2.14. The maximum absolute atomic E-state index is 13.6. The molecule has 3 rings (SSSR count). The van der Waals surface area contributed by atoms with Crippen LogP contribution in [0.25, 0.3) is 10.9 Å². The summed E-state index contributed by atoms with van der Waals surface area (Å²) < 4.78 is 28.5. The van der Waals surface area contributed by atoms with Gasteiger partial charge in [-0.1, -0.05) is 12.1 Å². The first-order chi connectivity index (χ1) is 11.9. The van der Waals surface area contributed by atoms with Crippen LogP contribution in [-0.4, -0.2) is 15.0 Å². The number of rotatable bonds is 3. The van der Waals surface area contributed by atoms with Crippen LogP contribution in [0.4, 0.5) is 14.5 Å². The number of hydrogen-bond acceptors (Lipinski definition) is 3. The molecule has 0 aliphatic heterocycles. The summed E-state index contributed by atoms with van der Waals surface area (Å²) in [7, 11) is 1.48. The topological polar surface area (TPSA) is 73.1 Å². The Balaban J connectivity index is 1.96. The van der Waals surface area contributed by atoms with Crippen molar-refractivity contribution < 1.29 is 13.6 Å². The Morgan fingerprint density at radius 2 is 1.84 bits per heavy atom. The van der Waals surface area contributed by atoms with Gasteiger partial charge in [0, 0.05) is 13.1 Å². The van der Waals surface area contributed by atoms with Crippen molar-refractivity contribution in [1.82, 2.24) is 9.13 Å². The number of fused-ring (bicyclic) bond motifs is 1. The van der Waals surface area contributed by atoms with Crippen LogP contribution in [0.1, 0.15) is 0 Å². The number of nitrogens with zero attached hydrogens (tertiary/aromatic N) is 2. The predicted octanol–water partition coefficient (Wildman–Crippen LogP) is 1.62. The van der Waals surface area contributed by atoms with Crippen molar-refractivity contribution >= 4 is 22.5 Å². The highest BCUT2D eigenvalue weighted by atomic mass is 19.1. The molecule has 0 radical (unpaired) electrons. The third-order valence-electron chi connectivity index (χ3n) is 3.77. The summed E-state index contributed by atoms with van der Waals surface area (Å²) in [6.45, 7) is -0.590. The van der Waals surface area contributed by atoms with E-state index < -0.39 is 35.3 Å². The number of para-hydroxylation sites is 1. The number of carbonyl (C=O) groups is 1. The molecule has 0 fully saturated rings. The van der Waals surface area contributed by atoms with Gasteiger partial charge in [-0.2, -0.15) is 0 Å². The Morgan fingerprint density at radius 1 is 1.12 bits per heavy atom. The monoisotopic (exact) mass is 345 g/mol. The average molecular weight is 345 g/mol. The molecule has 0 aliphatic rings. The zero-order valence-corrected chi connectivity index (χ0v) is 13.1. The molecule has 0 aliphatic carbocycles. The van der Waals surface area contributed by atoms with Gasteiger partial charge in [0.1, 0.15) is 18.2 Å². The number of benzene rings is 2. The standard InChI is InChI=1S/C17H13F2N3O3/c1-21-14-5-3-2-4-11(14)16(24)22(17(21)25)9-15(23)20-13-7-6-10(18)8-12(13)19/h2-8H,9H2,1H3,(H,20,23). The van der Waals surface area contributed by atoms with E-state index in [0.717, 1.165) is 16.7 Å². The van der Waals surface area contributed by atoms with E-state index in [9.17, 15) is 23.2 Å². The largest absolute Gasteiger partial charge is 0.331 e. The van der Waals surface area contributed by atoms with Gasteiger partial charge in [-0.15, -0.1) is 0 Å². The highest BCUT2D eigenvalue weighted by Gasteiger charge is 2.15. The lowest BCUT2D eigenvalue weighted by Crippen LogP contribution is -2.41. The maximum atomic E-state index is 13.6. The van der Waals surface area contributed by atoms with Crippen molar-refractivity contribution in [2.24, 2.45) is 7.05 Å². The SMILES string of the molecule is Cn1c(=O)n(CC(=O)Nc2ccc(F)cc2F)c(=O)c2ccccc21. The van der Waals surface area contributed by atoms with Crippen molar-refractivity contribution in [2.75, 3.05) is 5.32 Å². The number of hydrogen-bond donors (Lipinski definition) is 1. The predicted molar refractivity (Wildman–Crippen MR) is 88.4 cm³/mol. The van der Waals surface area contributed by atoms with E-state index in [1.807, 2.05) is 0 Å². The molecule has 128 valence electrons. The summed E-state index contributed by atoms with van der Waals surface area (Å²) in [4.78, 5) is 36.9. The number of halogens is 2. The van der Waals surface area contributed by atoms with Gasteiger partial charge in [-0.05, 0) is 24.3 Å². The Morgan fingerprint density at radius 3 is 2.56 bits per heavy atom. The van der Waals surface area contributed by atoms with Crippen LogP contribution < -0.4 is 16.6 Å². The lowest BCUT2D eigenvalue weighted by Gasteiger charge is -2.11. The first-order valence-electron chi connectivity index (χ1n) is 7.32. The molecule has 1 amide bonds. The summed E-state index contributed by atoms with van der Waals surface area (Å²) >= 11 is 0. The second kappa shape index (κ2) is 6.31. The van der Waals surface area contributed by atoms with Gasteiger partial charge >= 0.3 is 5.69 Å². The number of amides is 1. The van der Waals surface area contributed by atoms with Gasteiger partial charge in [0.15, 0.2) is 0 Å². The van der Waals surface area contributed by atoms with Crippen LogP contribution in [-0.2, 0) is 18.4 Å². The molecule has 1 N–H and O–H groups in total. The first kappa shape index (κ1) is 16.6. The van der Waals surface area contributed by atoms with Gasteiger partial charge in [-0.25, -0.2) is 13.6 Å². The molecular weight excluding hydrogens is 332 g/mol. The van der Waals surface area contributed by atoms with Crippen LogP contribution in [0.2, 0.25) is 0 Å². The molecule has 0 spiro atoms. The number of nitrogens with one attached hydrogen (secondary N) is 1. The van der Waals surface area contributed by atoms with E-state index >= 15 is 0 Å². The number of aromatic nitrogens is 2. The lowest BCUT2D eigenvalue weighted by molar-refractivity contribution is -0.116. The van der Waals surface area contributed by atoms with E-state index in [1.165, 1.54) is 11.6 Å². The Kier molecular flexibility index (Phi) is 4.18. The summed E-state index contributed by atoms with van der Waals surface area (Å²) in [6.07, 6.45) is 0. The fourth-order valence-electron chi connectivity index (χ4n) is 2.53. The fraction of sp³-hybridized carbons (Fsp3) is 0.118. The van der Waals surface area contributed by atoms with Gasteiger partial charge in [0.2, 0.25) is 5.91 Å². The summed E-state index contributed by atoms with van der Waals surface area (Å²) in [5, 5.41) is 2.50. The molecule has 0 bridgehead atoms. The average Bonchev–Trinajstić information content (AvgIpc) is 2.59. The van der Waals surface area contributed by atoms with Crippen molar-refractivity contribution in [3.05, 3.63) is 74.9 Å². The van der Waals surface area contributed by atoms with Crippen LogP contribution in [0, 0.1) is 11.6 Å². The molecule has 0 atom stereocenters. The van der Waals surface area contributed by atoms with Gasteiger partial charge < -0.3 is 5.32 Å². The molecule has 0 saturated heterocycles. The van der Waals surface area contributed by atoms with Crippen LogP contribution in [0.3, 0.4) is 0 Å². The van der Waals surface area contributed by atoms with Crippen molar-refractivity contribution in [3.8, 4) is 0 Å². The van der Waals surface area contributed by atoms with Crippen molar-refractivity contribution in [1.29, 1.82) is 0 Å². The molecule has 1 heterocycles. The third kappa shape index (κ3) is 3.06. The van der Waals surface area contributed by atoms with Crippen molar-refractivity contribution in [3.63, 3.8) is 0 Å². The minimum Gasteiger partial charge on any atom is -0.322 e. The number of carbonyl (C=O) groups excluding carboxylic acids is 1. The van der Waals surface area contributed by atoms with E-state index in [0.29, 0.717) is 11.6 Å². The summed E-state index contributed by atoms with van der Waals surface area (Å²) in [6, 6.07) is 9.17. The quantitative estimate of drug-likeness (QED) is 0.784. The zero-order chi connectivity index (χ0) is 18.1. The first-order valence-corrected chi connectivity index (χ1v) is 7.32. The summed E-state index contributed by atoms with van der Waals surface area (Å²) in [5.41, 5.74) is -1.08. The zero-order valence-electron chi connectivity index (χ0n) is 13.1. The molecule has 0 saturated carbocycles. The van der Waals surface area contributed by atoms with Gasteiger partial charge in [0.05, 0.1) is 16.6 Å².